The summed E-state index contributed by atoms with van der Waals surface area (Å²) in [6, 6.07) is 9.89. The topological polar surface area (TPSA) is 32.3 Å². The fourth-order valence-electron chi connectivity index (χ4n) is 2.89. The SMILES string of the molecule is CC1CCCCC1CNCC(O)c1ccccc1. The normalized spacial score (nSPS) is 25.9. The Kier molecular flexibility index (Phi) is 5.21. The highest BCUT2D eigenvalue weighted by molar-refractivity contribution is 5.17. The highest BCUT2D eigenvalue weighted by atomic mass is 16.3. The zero-order valence-electron chi connectivity index (χ0n) is 11.3. The lowest BCUT2D eigenvalue weighted by molar-refractivity contribution is 0.165. The third kappa shape index (κ3) is 3.82. The van der Waals surface area contributed by atoms with Crippen LogP contribution in [0.25, 0.3) is 0 Å². The second-order valence-electron chi connectivity index (χ2n) is 5.61. The van der Waals surface area contributed by atoms with E-state index in [1.807, 2.05) is 30.3 Å². The van der Waals surface area contributed by atoms with E-state index in [-0.39, 0.29) is 6.10 Å². The summed E-state index contributed by atoms with van der Waals surface area (Å²) in [7, 11) is 0. The molecule has 1 aliphatic rings. The molecule has 1 aromatic rings. The van der Waals surface area contributed by atoms with E-state index in [2.05, 4.69) is 12.2 Å². The summed E-state index contributed by atoms with van der Waals surface area (Å²) in [6.07, 6.45) is 5.09. The first-order valence-electron chi connectivity index (χ1n) is 7.21. The maximum absolute atomic E-state index is 10.1. The van der Waals surface area contributed by atoms with E-state index in [9.17, 15) is 5.11 Å². The van der Waals surface area contributed by atoms with Crippen molar-refractivity contribution < 1.29 is 5.11 Å². The first kappa shape index (κ1) is 13.6. The van der Waals surface area contributed by atoms with Gasteiger partial charge in [-0.3, -0.25) is 0 Å². The molecule has 100 valence electrons. The van der Waals surface area contributed by atoms with Crippen LogP contribution >= 0.6 is 0 Å². The molecule has 2 rings (SSSR count). The molecule has 0 amide bonds. The Hall–Kier alpha value is -0.860. The standard InChI is InChI=1S/C16H25NO/c1-13-7-5-6-10-15(13)11-17-12-16(18)14-8-3-2-4-9-14/h2-4,8-9,13,15-18H,5-7,10-12H2,1H3. The molecule has 3 unspecified atom stereocenters. The van der Waals surface area contributed by atoms with Gasteiger partial charge in [-0.1, -0.05) is 56.5 Å². The maximum atomic E-state index is 10.1. The molecule has 2 heteroatoms. The van der Waals surface area contributed by atoms with Gasteiger partial charge in [-0.25, -0.2) is 0 Å². The van der Waals surface area contributed by atoms with Gasteiger partial charge in [0.1, 0.15) is 0 Å². The molecule has 0 spiro atoms. The van der Waals surface area contributed by atoms with Gasteiger partial charge in [-0.2, -0.15) is 0 Å². The molecule has 1 fully saturated rings. The second kappa shape index (κ2) is 6.91. The average Bonchev–Trinajstić information content (AvgIpc) is 2.42. The van der Waals surface area contributed by atoms with E-state index in [0.29, 0.717) is 6.54 Å². The van der Waals surface area contributed by atoms with Crippen molar-refractivity contribution in [1.29, 1.82) is 0 Å². The van der Waals surface area contributed by atoms with Crippen LogP contribution in [-0.4, -0.2) is 18.2 Å². The molecule has 2 nitrogen and oxygen atoms in total. The van der Waals surface area contributed by atoms with E-state index >= 15 is 0 Å². The van der Waals surface area contributed by atoms with E-state index in [1.165, 1.54) is 25.7 Å². The predicted molar refractivity (Wildman–Crippen MR) is 75.4 cm³/mol. The number of aliphatic hydroxyl groups is 1. The van der Waals surface area contributed by atoms with E-state index < -0.39 is 0 Å². The van der Waals surface area contributed by atoms with Crippen LogP contribution in [-0.2, 0) is 0 Å². The Labute approximate surface area is 110 Å². The third-order valence-corrected chi connectivity index (χ3v) is 4.22. The number of rotatable bonds is 5. The predicted octanol–water partition coefficient (Wildman–Crippen LogP) is 3.14. The van der Waals surface area contributed by atoms with Gasteiger partial charge in [0.2, 0.25) is 0 Å². The van der Waals surface area contributed by atoms with Gasteiger partial charge in [-0.15, -0.1) is 0 Å². The van der Waals surface area contributed by atoms with Crippen LogP contribution in [0.1, 0.15) is 44.3 Å². The Morgan fingerprint density at radius 2 is 1.94 bits per heavy atom. The van der Waals surface area contributed by atoms with Gasteiger partial charge in [0.15, 0.2) is 0 Å². The number of aliphatic hydroxyl groups excluding tert-OH is 1. The largest absolute Gasteiger partial charge is 0.387 e. The van der Waals surface area contributed by atoms with Gasteiger partial charge in [-0.05, 0) is 30.4 Å². The van der Waals surface area contributed by atoms with Gasteiger partial charge >= 0.3 is 0 Å². The minimum absolute atomic E-state index is 0.384. The van der Waals surface area contributed by atoms with E-state index in [4.69, 9.17) is 0 Å². The Morgan fingerprint density at radius 3 is 2.67 bits per heavy atom. The Bertz CT molecular complexity index is 338. The Balaban J connectivity index is 1.71. The molecule has 0 saturated heterocycles. The van der Waals surface area contributed by atoms with Crippen LogP contribution in [0.3, 0.4) is 0 Å². The zero-order chi connectivity index (χ0) is 12.8. The molecule has 1 aromatic carbocycles. The molecule has 0 aromatic heterocycles. The Morgan fingerprint density at radius 1 is 1.22 bits per heavy atom. The lowest BCUT2D eigenvalue weighted by Gasteiger charge is -2.29. The van der Waals surface area contributed by atoms with E-state index in [0.717, 1.165) is 23.9 Å². The minimum atomic E-state index is -0.384. The van der Waals surface area contributed by atoms with Crippen molar-refractivity contribution in [2.24, 2.45) is 11.8 Å². The molecule has 0 bridgehead atoms. The summed E-state index contributed by atoms with van der Waals surface area (Å²) in [6.45, 7) is 4.07. The van der Waals surface area contributed by atoms with Crippen molar-refractivity contribution in [2.45, 2.75) is 38.7 Å². The van der Waals surface area contributed by atoms with Crippen molar-refractivity contribution in [3.63, 3.8) is 0 Å². The van der Waals surface area contributed by atoms with Crippen LogP contribution in [0.15, 0.2) is 30.3 Å². The lowest BCUT2D eigenvalue weighted by atomic mass is 9.80. The number of hydrogen-bond acceptors (Lipinski definition) is 2. The average molecular weight is 247 g/mol. The summed E-state index contributed by atoms with van der Waals surface area (Å²) in [4.78, 5) is 0. The van der Waals surface area contributed by atoms with E-state index in [1.54, 1.807) is 0 Å². The van der Waals surface area contributed by atoms with Crippen molar-refractivity contribution >= 4 is 0 Å². The molecule has 1 saturated carbocycles. The van der Waals surface area contributed by atoms with Gasteiger partial charge in [0.25, 0.3) is 0 Å². The van der Waals surface area contributed by atoms with Crippen LogP contribution in [0.2, 0.25) is 0 Å². The third-order valence-electron chi connectivity index (χ3n) is 4.22. The summed E-state index contributed by atoms with van der Waals surface area (Å²) >= 11 is 0. The molecule has 0 radical (unpaired) electrons. The quantitative estimate of drug-likeness (QED) is 0.838. The van der Waals surface area contributed by atoms with Crippen molar-refractivity contribution in [3.8, 4) is 0 Å². The highest BCUT2D eigenvalue weighted by Gasteiger charge is 2.20. The second-order valence-corrected chi connectivity index (χ2v) is 5.61. The van der Waals surface area contributed by atoms with Crippen molar-refractivity contribution in [1.82, 2.24) is 5.32 Å². The molecule has 0 aliphatic heterocycles. The van der Waals surface area contributed by atoms with Gasteiger partial charge < -0.3 is 10.4 Å². The number of benzene rings is 1. The molecule has 1 aliphatic carbocycles. The molecular weight excluding hydrogens is 222 g/mol. The summed E-state index contributed by atoms with van der Waals surface area (Å²) < 4.78 is 0. The van der Waals surface area contributed by atoms with Gasteiger partial charge in [0.05, 0.1) is 6.10 Å². The summed E-state index contributed by atoms with van der Waals surface area (Å²) in [5.41, 5.74) is 1.00. The lowest BCUT2D eigenvalue weighted by Crippen LogP contribution is -2.31. The first-order chi connectivity index (χ1) is 8.77. The molecule has 2 N–H and O–H groups in total. The summed E-state index contributed by atoms with van der Waals surface area (Å²) in [5.74, 6) is 1.63. The first-order valence-corrected chi connectivity index (χ1v) is 7.21. The summed E-state index contributed by atoms with van der Waals surface area (Å²) in [5, 5.41) is 13.5. The van der Waals surface area contributed by atoms with Crippen LogP contribution in [0.5, 0.6) is 0 Å². The van der Waals surface area contributed by atoms with Crippen LogP contribution in [0.4, 0.5) is 0 Å². The maximum Gasteiger partial charge on any atom is 0.0914 e. The zero-order valence-corrected chi connectivity index (χ0v) is 11.3. The van der Waals surface area contributed by atoms with Gasteiger partial charge in [0, 0.05) is 6.54 Å². The molecule has 3 atom stereocenters. The monoisotopic (exact) mass is 247 g/mol. The molecular formula is C16H25NO. The fourth-order valence-corrected chi connectivity index (χ4v) is 2.89. The fraction of sp³-hybridized carbons (Fsp3) is 0.625. The van der Waals surface area contributed by atoms with Crippen molar-refractivity contribution in [2.75, 3.05) is 13.1 Å². The highest BCUT2D eigenvalue weighted by Crippen LogP contribution is 2.28. The van der Waals surface area contributed by atoms with Crippen LogP contribution < -0.4 is 5.32 Å². The molecule has 18 heavy (non-hydrogen) atoms. The number of hydrogen-bond donors (Lipinski definition) is 2. The number of nitrogens with one attached hydrogen (secondary N) is 1. The molecule has 0 heterocycles. The smallest absolute Gasteiger partial charge is 0.0914 e. The van der Waals surface area contributed by atoms with Crippen molar-refractivity contribution in [3.05, 3.63) is 35.9 Å². The van der Waals surface area contributed by atoms with Crippen LogP contribution in [0, 0.1) is 11.8 Å². The minimum Gasteiger partial charge on any atom is -0.387 e.